The first-order valence-corrected chi connectivity index (χ1v) is 8.29. The molecule has 4 heteroatoms. The van der Waals surface area contributed by atoms with Crippen LogP contribution in [0.5, 0.6) is 0 Å². The number of hydrogen-bond acceptors (Lipinski definition) is 4. The van der Waals surface area contributed by atoms with Crippen LogP contribution < -0.4 is 0 Å². The van der Waals surface area contributed by atoms with E-state index in [9.17, 15) is 9.59 Å². The monoisotopic (exact) mass is 316 g/mol. The number of carbonyl (C=O) groups is 2. The predicted molar refractivity (Wildman–Crippen MR) is 86.3 cm³/mol. The molecule has 4 nitrogen and oxygen atoms in total. The van der Waals surface area contributed by atoms with Crippen LogP contribution in [0.15, 0.2) is 36.5 Å². The zero-order chi connectivity index (χ0) is 16.8. The Hall–Kier alpha value is -1.84. The standard InChI is InChI=1S/C19H24O4/c1-5-6-15(20)22-14-8-7-11(2)16-17-13(9-10-19(14,16)4)12(3)18(21)23-17/h5-8,12-14,16-17H,2,9-10H2,1,3-4H3. The number of fused-ring (bicyclic) bond motifs is 3. The fraction of sp³-hybridized carbons (Fsp3) is 0.579. The SMILES string of the molecule is C=C1C=CC(OC(=O)C=CC)C2(C)CCC3C(C)C(=O)OC3C12. The van der Waals surface area contributed by atoms with E-state index in [4.69, 9.17) is 9.47 Å². The van der Waals surface area contributed by atoms with Gasteiger partial charge in [-0.2, -0.15) is 0 Å². The molecule has 2 aliphatic carbocycles. The molecule has 0 bridgehead atoms. The molecule has 0 radical (unpaired) electrons. The lowest BCUT2D eigenvalue weighted by molar-refractivity contribution is -0.159. The fourth-order valence-corrected chi connectivity index (χ4v) is 4.49. The van der Waals surface area contributed by atoms with Crippen LogP contribution >= 0.6 is 0 Å². The zero-order valence-corrected chi connectivity index (χ0v) is 14.0. The minimum atomic E-state index is -0.339. The number of hydrogen-bond donors (Lipinski definition) is 0. The Labute approximate surface area is 137 Å². The summed E-state index contributed by atoms with van der Waals surface area (Å²) in [6.45, 7) is 10.0. The van der Waals surface area contributed by atoms with Crippen molar-refractivity contribution in [2.75, 3.05) is 0 Å². The average Bonchev–Trinajstić information content (AvgIpc) is 2.77. The van der Waals surface area contributed by atoms with Gasteiger partial charge in [-0.3, -0.25) is 4.79 Å². The van der Waals surface area contributed by atoms with Gasteiger partial charge in [-0.25, -0.2) is 4.79 Å². The van der Waals surface area contributed by atoms with Crippen molar-refractivity contribution >= 4 is 11.9 Å². The second-order valence-corrected chi connectivity index (χ2v) is 7.17. The van der Waals surface area contributed by atoms with Crippen LogP contribution in [0.4, 0.5) is 0 Å². The quantitative estimate of drug-likeness (QED) is 0.580. The molecule has 0 aromatic rings. The Balaban J connectivity index is 1.91. The highest BCUT2D eigenvalue weighted by Gasteiger charge is 2.59. The van der Waals surface area contributed by atoms with Gasteiger partial charge in [0.15, 0.2) is 0 Å². The predicted octanol–water partition coefficient (Wildman–Crippen LogP) is 3.19. The van der Waals surface area contributed by atoms with E-state index in [2.05, 4.69) is 13.5 Å². The normalized spacial score (nSPS) is 42.3. The third-order valence-electron chi connectivity index (χ3n) is 5.82. The molecule has 1 saturated carbocycles. The highest BCUT2D eigenvalue weighted by molar-refractivity contribution is 5.82. The van der Waals surface area contributed by atoms with Gasteiger partial charge in [0, 0.05) is 23.3 Å². The van der Waals surface area contributed by atoms with Crippen molar-refractivity contribution in [2.24, 2.45) is 23.2 Å². The van der Waals surface area contributed by atoms with E-state index in [1.54, 1.807) is 13.0 Å². The molecule has 0 aromatic carbocycles. The Morgan fingerprint density at radius 1 is 1.52 bits per heavy atom. The first-order valence-electron chi connectivity index (χ1n) is 8.29. The van der Waals surface area contributed by atoms with Crippen LogP contribution in [0.3, 0.4) is 0 Å². The molecule has 124 valence electrons. The third-order valence-corrected chi connectivity index (χ3v) is 5.82. The molecule has 1 aliphatic heterocycles. The van der Waals surface area contributed by atoms with Crippen LogP contribution in [0.1, 0.15) is 33.6 Å². The second kappa shape index (κ2) is 5.66. The van der Waals surface area contributed by atoms with E-state index < -0.39 is 0 Å². The van der Waals surface area contributed by atoms with E-state index in [1.165, 1.54) is 6.08 Å². The zero-order valence-electron chi connectivity index (χ0n) is 14.0. The molecule has 3 rings (SSSR count). The molecule has 3 aliphatic rings. The van der Waals surface area contributed by atoms with Crippen molar-refractivity contribution < 1.29 is 19.1 Å². The number of allylic oxidation sites excluding steroid dienone is 2. The minimum Gasteiger partial charge on any atom is -0.461 e. The van der Waals surface area contributed by atoms with Crippen LogP contribution in [-0.2, 0) is 19.1 Å². The summed E-state index contributed by atoms with van der Waals surface area (Å²) in [5.41, 5.74) is 0.677. The molecule has 2 fully saturated rings. The van der Waals surface area contributed by atoms with Crippen molar-refractivity contribution in [3.8, 4) is 0 Å². The van der Waals surface area contributed by atoms with E-state index >= 15 is 0 Å². The average molecular weight is 316 g/mol. The van der Waals surface area contributed by atoms with Gasteiger partial charge in [0.2, 0.25) is 0 Å². The highest BCUT2D eigenvalue weighted by atomic mass is 16.6. The number of ether oxygens (including phenoxy) is 2. The topological polar surface area (TPSA) is 52.6 Å². The molecule has 6 atom stereocenters. The maximum absolute atomic E-state index is 12.0. The van der Waals surface area contributed by atoms with Crippen molar-refractivity contribution in [3.63, 3.8) is 0 Å². The number of esters is 2. The Morgan fingerprint density at radius 3 is 2.96 bits per heavy atom. The summed E-state index contributed by atoms with van der Waals surface area (Å²) < 4.78 is 11.4. The molecule has 1 heterocycles. The summed E-state index contributed by atoms with van der Waals surface area (Å²) in [6, 6.07) is 0. The molecule has 0 amide bonds. The van der Waals surface area contributed by atoms with Gasteiger partial charge in [-0.15, -0.1) is 0 Å². The van der Waals surface area contributed by atoms with Gasteiger partial charge in [-0.05, 0) is 31.4 Å². The van der Waals surface area contributed by atoms with Crippen LogP contribution in [-0.4, -0.2) is 24.1 Å². The van der Waals surface area contributed by atoms with Gasteiger partial charge < -0.3 is 9.47 Å². The summed E-state index contributed by atoms with van der Waals surface area (Å²) in [7, 11) is 0. The molecule has 23 heavy (non-hydrogen) atoms. The van der Waals surface area contributed by atoms with Gasteiger partial charge in [0.05, 0.1) is 5.92 Å². The number of carbonyl (C=O) groups excluding carboxylic acids is 2. The first kappa shape index (κ1) is 16.0. The van der Waals surface area contributed by atoms with Gasteiger partial charge in [0.1, 0.15) is 12.2 Å². The van der Waals surface area contributed by atoms with Crippen LogP contribution in [0, 0.1) is 23.2 Å². The molecular weight excluding hydrogens is 292 g/mol. The lowest BCUT2D eigenvalue weighted by Crippen LogP contribution is -2.53. The molecular formula is C19H24O4. The maximum atomic E-state index is 12.0. The Morgan fingerprint density at radius 2 is 2.26 bits per heavy atom. The van der Waals surface area contributed by atoms with Crippen LogP contribution in [0.25, 0.3) is 0 Å². The minimum absolute atomic E-state index is 0.00329. The van der Waals surface area contributed by atoms with Crippen molar-refractivity contribution in [3.05, 3.63) is 36.5 Å². The second-order valence-electron chi connectivity index (χ2n) is 7.17. The van der Waals surface area contributed by atoms with Gasteiger partial charge >= 0.3 is 11.9 Å². The van der Waals surface area contributed by atoms with Crippen LogP contribution in [0.2, 0.25) is 0 Å². The molecule has 0 spiro atoms. The first-order chi connectivity index (χ1) is 10.9. The van der Waals surface area contributed by atoms with E-state index in [1.807, 2.05) is 19.1 Å². The summed E-state index contributed by atoms with van der Waals surface area (Å²) >= 11 is 0. The summed E-state index contributed by atoms with van der Waals surface area (Å²) in [4.78, 5) is 23.9. The van der Waals surface area contributed by atoms with Gasteiger partial charge in [0.25, 0.3) is 0 Å². The maximum Gasteiger partial charge on any atom is 0.331 e. The Kier molecular flexibility index (Phi) is 3.95. The number of rotatable bonds is 2. The van der Waals surface area contributed by atoms with Gasteiger partial charge in [-0.1, -0.05) is 32.6 Å². The van der Waals surface area contributed by atoms with E-state index in [0.717, 1.165) is 18.4 Å². The largest absolute Gasteiger partial charge is 0.461 e. The third kappa shape index (κ3) is 2.44. The van der Waals surface area contributed by atoms with E-state index in [-0.39, 0.29) is 47.3 Å². The molecule has 6 unspecified atom stereocenters. The molecule has 0 aromatic heterocycles. The van der Waals surface area contributed by atoms with Crippen molar-refractivity contribution in [1.29, 1.82) is 0 Å². The van der Waals surface area contributed by atoms with E-state index in [0.29, 0.717) is 0 Å². The fourth-order valence-electron chi connectivity index (χ4n) is 4.49. The summed E-state index contributed by atoms with van der Waals surface area (Å²) in [5, 5.41) is 0. The lowest BCUT2D eigenvalue weighted by atomic mass is 9.55. The molecule has 1 saturated heterocycles. The smallest absolute Gasteiger partial charge is 0.331 e. The highest BCUT2D eigenvalue weighted by Crippen LogP contribution is 2.56. The Bertz CT molecular complexity index is 602. The summed E-state index contributed by atoms with van der Waals surface area (Å²) in [6.07, 6.45) is 8.25. The lowest BCUT2D eigenvalue weighted by Gasteiger charge is -2.51. The summed E-state index contributed by atoms with van der Waals surface area (Å²) in [5.74, 6) is -0.283. The van der Waals surface area contributed by atoms with Crippen molar-refractivity contribution in [2.45, 2.75) is 45.8 Å². The molecule has 0 N–H and O–H groups in total. The van der Waals surface area contributed by atoms with Crippen molar-refractivity contribution in [1.82, 2.24) is 0 Å².